The van der Waals surface area contributed by atoms with Crippen LogP contribution in [0.4, 0.5) is 0 Å². The van der Waals surface area contributed by atoms with E-state index in [-0.39, 0.29) is 24.5 Å². The minimum Gasteiger partial charge on any atom is -0.444 e. The molecule has 1 amide bonds. The fourth-order valence-electron chi connectivity index (χ4n) is 2.95. The topological polar surface area (TPSA) is 67.6 Å². The summed E-state index contributed by atoms with van der Waals surface area (Å²) in [6.45, 7) is 7.45. The predicted molar refractivity (Wildman–Crippen MR) is 93.0 cm³/mol. The Morgan fingerprint density at radius 3 is 2.92 bits per heavy atom. The number of rotatable bonds is 6. The maximum Gasteiger partial charge on any atom is 0.236 e. The molecule has 1 aliphatic rings. The van der Waals surface area contributed by atoms with Crippen molar-refractivity contribution >= 4 is 17.2 Å². The molecule has 0 radical (unpaired) electrons. The highest BCUT2D eigenvalue weighted by atomic mass is 32.1. The second-order valence-corrected chi connectivity index (χ2v) is 7.11. The smallest absolute Gasteiger partial charge is 0.236 e. The number of nitrogens with one attached hydrogen (secondary N) is 1. The summed E-state index contributed by atoms with van der Waals surface area (Å²) >= 11 is 1.57. The maximum atomic E-state index is 12.0. The molecule has 0 bridgehead atoms. The number of hydrogen-bond acceptors (Lipinski definition) is 6. The molecule has 2 atom stereocenters. The van der Waals surface area contributed by atoms with Gasteiger partial charge >= 0.3 is 0 Å². The van der Waals surface area contributed by atoms with Gasteiger partial charge in [0.15, 0.2) is 0 Å². The van der Waals surface area contributed by atoms with Crippen LogP contribution in [0.2, 0.25) is 0 Å². The van der Waals surface area contributed by atoms with Gasteiger partial charge in [-0.25, -0.2) is 4.98 Å². The number of oxazole rings is 1. The molecular formula is C17H23N3O3S. The van der Waals surface area contributed by atoms with Gasteiger partial charge in [0.1, 0.15) is 6.26 Å². The highest BCUT2D eigenvalue weighted by Crippen LogP contribution is 2.23. The van der Waals surface area contributed by atoms with E-state index < -0.39 is 0 Å². The Hall–Kier alpha value is -1.70. The first-order valence-electron chi connectivity index (χ1n) is 8.23. The van der Waals surface area contributed by atoms with Gasteiger partial charge in [-0.2, -0.15) is 0 Å². The lowest BCUT2D eigenvalue weighted by Gasteiger charge is -2.35. The Labute approximate surface area is 145 Å². The molecular weight excluding hydrogens is 326 g/mol. The molecule has 24 heavy (non-hydrogen) atoms. The zero-order valence-corrected chi connectivity index (χ0v) is 14.8. The third-order valence-corrected chi connectivity index (χ3v) is 4.73. The van der Waals surface area contributed by atoms with Crippen LogP contribution >= 0.6 is 11.3 Å². The van der Waals surface area contributed by atoms with E-state index in [2.05, 4.69) is 29.0 Å². The number of carbonyl (C=O) groups is 1. The summed E-state index contributed by atoms with van der Waals surface area (Å²) in [6, 6.07) is 3.90. The normalized spacial score (nSPS) is 21.8. The molecule has 1 N–H and O–H groups in total. The molecule has 7 heteroatoms. The van der Waals surface area contributed by atoms with Gasteiger partial charge in [-0.3, -0.25) is 9.69 Å². The van der Waals surface area contributed by atoms with Crippen molar-refractivity contribution in [3.8, 4) is 10.8 Å². The summed E-state index contributed by atoms with van der Waals surface area (Å²) in [5.41, 5.74) is 0.657. The summed E-state index contributed by atoms with van der Waals surface area (Å²) in [6.07, 6.45) is 2.29. The van der Waals surface area contributed by atoms with E-state index >= 15 is 0 Å². The summed E-state index contributed by atoms with van der Waals surface area (Å²) in [4.78, 5) is 19.7. The average molecular weight is 349 g/mol. The first-order chi connectivity index (χ1) is 11.6. The number of nitrogens with zero attached hydrogens (tertiary/aromatic N) is 2. The molecule has 6 nitrogen and oxygen atoms in total. The second-order valence-electron chi connectivity index (χ2n) is 6.16. The molecule has 0 aliphatic carbocycles. The summed E-state index contributed by atoms with van der Waals surface area (Å²) in [5, 5.41) is 4.92. The summed E-state index contributed by atoms with van der Waals surface area (Å²) < 4.78 is 11.1. The lowest BCUT2D eigenvalue weighted by Crippen LogP contribution is -2.48. The molecule has 0 saturated carbocycles. The Morgan fingerprint density at radius 2 is 2.21 bits per heavy atom. The summed E-state index contributed by atoms with van der Waals surface area (Å²) in [5.74, 6) is 0.541. The van der Waals surface area contributed by atoms with Crippen LogP contribution in [-0.2, 0) is 16.0 Å². The van der Waals surface area contributed by atoms with Crippen LogP contribution < -0.4 is 5.32 Å². The van der Waals surface area contributed by atoms with Gasteiger partial charge in [-0.05, 0) is 25.3 Å². The highest BCUT2D eigenvalue weighted by molar-refractivity contribution is 7.13. The summed E-state index contributed by atoms with van der Waals surface area (Å²) in [7, 11) is 0. The van der Waals surface area contributed by atoms with Gasteiger partial charge in [0, 0.05) is 26.2 Å². The molecule has 1 saturated heterocycles. The van der Waals surface area contributed by atoms with Crippen LogP contribution in [0.3, 0.4) is 0 Å². The number of thiophene rings is 1. The second kappa shape index (κ2) is 7.92. The van der Waals surface area contributed by atoms with Gasteiger partial charge in [0.2, 0.25) is 11.8 Å². The zero-order chi connectivity index (χ0) is 16.9. The van der Waals surface area contributed by atoms with Gasteiger partial charge in [-0.15, -0.1) is 11.3 Å². The van der Waals surface area contributed by atoms with E-state index in [1.165, 1.54) is 0 Å². The van der Waals surface area contributed by atoms with Gasteiger partial charge in [0.25, 0.3) is 0 Å². The minimum absolute atomic E-state index is 0.0321. The van der Waals surface area contributed by atoms with Crippen molar-refractivity contribution in [2.45, 2.75) is 32.5 Å². The maximum absolute atomic E-state index is 12.0. The SMILES string of the molecule is C[C@@H]1CN(CCNC(=O)Cc2coc(-c3cccs3)n2)C[C@@H](C)O1. The molecule has 2 aromatic rings. The van der Waals surface area contributed by atoms with Crippen molar-refractivity contribution in [3.05, 3.63) is 29.5 Å². The fraction of sp³-hybridized carbons (Fsp3) is 0.529. The van der Waals surface area contributed by atoms with Crippen molar-refractivity contribution in [2.24, 2.45) is 0 Å². The van der Waals surface area contributed by atoms with Crippen molar-refractivity contribution < 1.29 is 13.9 Å². The van der Waals surface area contributed by atoms with Crippen molar-refractivity contribution in [1.82, 2.24) is 15.2 Å². The molecule has 3 rings (SSSR count). The molecule has 2 aromatic heterocycles. The van der Waals surface area contributed by atoms with E-state index in [0.717, 1.165) is 24.5 Å². The molecule has 1 fully saturated rings. The van der Waals surface area contributed by atoms with E-state index in [9.17, 15) is 4.79 Å². The number of carbonyl (C=O) groups excluding carboxylic acids is 1. The molecule has 0 spiro atoms. The standard InChI is InChI=1S/C17H23N3O3S/c1-12-9-20(10-13(2)23-12)6-5-18-16(21)8-14-11-22-17(19-14)15-4-3-7-24-15/h3-4,7,11-13H,5-6,8-10H2,1-2H3,(H,18,21)/t12-,13-/m1/s1. The van der Waals surface area contributed by atoms with Gasteiger partial charge < -0.3 is 14.5 Å². The van der Waals surface area contributed by atoms with Crippen LogP contribution in [0.15, 0.2) is 28.2 Å². The van der Waals surface area contributed by atoms with E-state index in [0.29, 0.717) is 18.1 Å². The lowest BCUT2D eigenvalue weighted by atomic mass is 10.2. The molecule has 0 unspecified atom stereocenters. The lowest BCUT2D eigenvalue weighted by molar-refractivity contribution is -0.120. The van der Waals surface area contributed by atoms with Crippen LogP contribution in [0.5, 0.6) is 0 Å². The Morgan fingerprint density at radius 1 is 1.42 bits per heavy atom. The molecule has 3 heterocycles. The third kappa shape index (κ3) is 4.66. The third-order valence-electron chi connectivity index (χ3n) is 3.87. The first-order valence-corrected chi connectivity index (χ1v) is 9.11. The minimum atomic E-state index is -0.0321. The predicted octanol–water partition coefficient (Wildman–Crippen LogP) is 2.17. The van der Waals surface area contributed by atoms with Crippen LogP contribution in [-0.4, -0.2) is 54.2 Å². The van der Waals surface area contributed by atoms with Gasteiger partial charge in [-0.1, -0.05) is 6.07 Å². The number of ether oxygens (including phenoxy) is 1. The van der Waals surface area contributed by atoms with Crippen LogP contribution in [0, 0.1) is 0 Å². The fourth-order valence-corrected chi connectivity index (χ4v) is 3.60. The van der Waals surface area contributed by atoms with E-state index in [1.54, 1.807) is 17.6 Å². The number of hydrogen-bond donors (Lipinski definition) is 1. The van der Waals surface area contributed by atoms with E-state index in [4.69, 9.17) is 9.15 Å². The Bertz CT molecular complexity index is 646. The van der Waals surface area contributed by atoms with Crippen LogP contribution in [0.1, 0.15) is 19.5 Å². The largest absolute Gasteiger partial charge is 0.444 e. The van der Waals surface area contributed by atoms with Crippen LogP contribution in [0.25, 0.3) is 10.8 Å². The van der Waals surface area contributed by atoms with Crippen molar-refractivity contribution in [3.63, 3.8) is 0 Å². The van der Waals surface area contributed by atoms with Crippen molar-refractivity contribution in [1.29, 1.82) is 0 Å². The number of amides is 1. The molecule has 130 valence electrons. The van der Waals surface area contributed by atoms with Gasteiger partial charge in [0.05, 0.1) is 29.2 Å². The van der Waals surface area contributed by atoms with E-state index in [1.807, 2.05) is 17.5 Å². The van der Waals surface area contributed by atoms with Crippen molar-refractivity contribution in [2.75, 3.05) is 26.2 Å². The molecule has 0 aromatic carbocycles. The molecule has 1 aliphatic heterocycles. The zero-order valence-electron chi connectivity index (χ0n) is 14.0. The number of aromatic nitrogens is 1. The Balaban J connectivity index is 1.41. The Kier molecular flexibility index (Phi) is 5.65. The number of morpholine rings is 1. The highest BCUT2D eigenvalue weighted by Gasteiger charge is 2.21. The quantitative estimate of drug-likeness (QED) is 0.866. The monoisotopic (exact) mass is 349 g/mol. The average Bonchev–Trinajstić information content (AvgIpc) is 3.16. The first kappa shape index (κ1) is 17.1.